The lowest BCUT2D eigenvalue weighted by Crippen LogP contribution is -2.37. The maximum atomic E-state index is 13.3. The Morgan fingerprint density at radius 1 is 1.24 bits per heavy atom. The average molecular weight is 469 g/mol. The molecule has 0 saturated heterocycles. The van der Waals surface area contributed by atoms with Crippen LogP contribution in [0.5, 0.6) is 0 Å². The molecule has 1 unspecified atom stereocenters. The van der Waals surface area contributed by atoms with Gasteiger partial charge >= 0.3 is 0 Å². The van der Waals surface area contributed by atoms with Crippen LogP contribution in [0, 0.1) is 15.5 Å². The van der Waals surface area contributed by atoms with E-state index in [2.05, 4.69) is 22.2 Å². The number of non-ortho nitro benzene ring substituents is 1. The standard InChI is InChI=1S/C24H28N4O4S/c1-4-5-6-10-33-23-26-21-20(22(30)27-23)18(14-8-7-9-15(11-14)28(31)32)19-16(25-21)12-24(2,3)13-17(19)29/h7-9,11,18H,4-6,10,12-13H2,1-3H3,(H2,25,26,27,30). The maximum absolute atomic E-state index is 13.3. The molecule has 174 valence electrons. The quantitative estimate of drug-likeness (QED) is 0.189. The number of hydrogen-bond acceptors (Lipinski definition) is 7. The third kappa shape index (κ3) is 4.73. The number of fused-ring (bicyclic) bond motifs is 1. The molecular weight excluding hydrogens is 440 g/mol. The van der Waals surface area contributed by atoms with E-state index in [1.165, 1.54) is 23.9 Å². The van der Waals surface area contributed by atoms with Gasteiger partial charge in [-0.2, -0.15) is 0 Å². The zero-order chi connectivity index (χ0) is 23.8. The fraction of sp³-hybridized carbons (Fsp3) is 0.458. The normalized spacial score (nSPS) is 19.0. The molecule has 1 aromatic carbocycles. The summed E-state index contributed by atoms with van der Waals surface area (Å²) in [7, 11) is 0. The smallest absolute Gasteiger partial charge is 0.269 e. The molecule has 1 aliphatic carbocycles. The van der Waals surface area contributed by atoms with Crippen LogP contribution in [0.1, 0.15) is 69.9 Å². The summed E-state index contributed by atoms with van der Waals surface area (Å²) >= 11 is 1.50. The highest BCUT2D eigenvalue weighted by Crippen LogP contribution is 2.48. The van der Waals surface area contributed by atoms with Crippen molar-refractivity contribution in [2.75, 3.05) is 11.1 Å². The van der Waals surface area contributed by atoms with E-state index in [1.54, 1.807) is 12.1 Å². The number of nitro benzene ring substituents is 1. The molecule has 9 heteroatoms. The summed E-state index contributed by atoms with van der Waals surface area (Å²) in [5, 5.41) is 15.2. The summed E-state index contributed by atoms with van der Waals surface area (Å²) in [5.41, 5.74) is 1.51. The Hall–Kier alpha value is -2.94. The Balaban J connectivity index is 1.84. The zero-order valence-electron chi connectivity index (χ0n) is 19.1. The number of rotatable bonds is 7. The van der Waals surface area contributed by atoms with Crippen LogP contribution in [0.4, 0.5) is 11.5 Å². The number of benzene rings is 1. The van der Waals surface area contributed by atoms with Crippen LogP contribution in [0.2, 0.25) is 0 Å². The number of carbonyl (C=O) groups excluding carboxylic acids is 1. The van der Waals surface area contributed by atoms with Gasteiger partial charge in [0.05, 0.1) is 10.5 Å². The number of H-pyrrole nitrogens is 1. The topological polar surface area (TPSA) is 118 Å². The first-order valence-corrected chi connectivity index (χ1v) is 12.2. The van der Waals surface area contributed by atoms with Gasteiger partial charge in [-0.05, 0) is 23.8 Å². The van der Waals surface area contributed by atoms with Gasteiger partial charge in [-0.3, -0.25) is 19.7 Å². The van der Waals surface area contributed by atoms with Crippen LogP contribution in [0.3, 0.4) is 0 Å². The van der Waals surface area contributed by atoms with Gasteiger partial charge < -0.3 is 10.3 Å². The summed E-state index contributed by atoms with van der Waals surface area (Å²) in [4.78, 5) is 45.0. The number of hydrogen-bond donors (Lipinski definition) is 2. The number of carbonyl (C=O) groups is 1. The molecule has 33 heavy (non-hydrogen) atoms. The number of unbranched alkanes of at least 4 members (excludes halogenated alkanes) is 2. The molecule has 8 nitrogen and oxygen atoms in total. The highest BCUT2D eigenvalue weighted by atomic mass is 32.2. The van der Waals surface area contributed by atoms with Crippen molar-refractivity contribution in [3.05, 3.63) is 67.1 Å². The van der Waals surface area contributed by atoms with Gasteiger partial charge in [0, 0.05) is 41.5 Å². The molecule has 2 N–H and O–H groups in total. The van der Waals surface area contributed by atoms with Crippen LogP contribution in [0.25, 0.3) is 0 Å². The van der Waals surface area contributed by atoms with E-state index in [-0.39, 0.29) is 22.4 Å². The molecule has 0 radical (unpaired) electrons. The van der Waals surface area contributed by atoms with Crippen LogP contribution >= 0.6 is 11.8 Å². The van der Waals surface area contributed by atoms with E-state index in [1.807, 2.05) is 13.8 Å². The van der Waals surface area contributed by atoms with Crippen LogP contribution in [-0.4, -0.2) is 26.4 Å². The minimum atomic E-state index is -0.699. The Labute approximate surface area is 196 Å². The highest BCUT2D eigenvalue weighted by molar-refractivity contribution is 7.99. The Morgan fingerprint density at radius 3 is 2.76 bits per heavy atom. The van der Waals surface area contributed by atoms with Gasteiger partial charge in [-0.25, -0.2) is 4.98 Å². The Kier molecular flexibility index (Phi) is 6.43. The van der Waals surface area contributed by atoms with Gasteiger partial charge in [0.15, 0.2) is 10.9 Å². The summed E-state index contributed by atoms with van der Waals surface area (Å²) in [6, 6.07) is 6.18. The van der Waals surface area contributed by atoms with E-state index in [0.29, 0.717) is 40.5 Å². The first-order chi connectivity index (χ1) is 15.7. The SMILES string of the molecule is CCCCCSc1nc2c(c(=O)[nH]1)C(c1cccc([N+](=O)[O-])c1)C1=C(CC(C)(C)CC1=O)N2. The molecule has 2 aliphatic rings. The number of aromatic nitrogens is 2. The molecule has 4 rings (SSSR count). The lowest BCUT2D eigenvalue weighted by atomic mass is 9.69. The molecule has 0 saturated carbocycles. The van der Waals surface area contributed by atoms with Crippen molar-refractivity contribution in [2.45, 2.75) is 63.9 Å². The zero-order valence-corrected chi connectivity index (χ0v) is 19.9. The van der Waals surface area contributed by atoms with E-state index in [4.69, 9.17) is 0 Å². The van der Waals surface area contributed by atoms with Gasteiger partial charge in [-0.15, -0.1) is 0 Å². The Morgan fingerprint density at radius 2 is 2.03 bits per heavy atom. The molecule has 1 aliphatic heterocycles. The minimum absolute atomic E-state index is 0.0478. The first kappa shape index (κ1) is 23.2. The largest absolute Gasteiger partial charge is 0.343 e. The van der Waals surface area contributed by atoms with E-state index >= 15 is 0 Å². The van der Waals surface area contributed by atoms with Crippen LogP contribution < -0.4 is 10.9 Å². The summed E-state index contributed by atoms with van der Waals surface area (Å²) in [6.07, 6.45) is 4.24. The molecule has 1 aromatic heterocycles. The molecule has 2 aromatic rings. The number of nitro groups is 1. The van der Waals surface area contributed by atoms with E-state index in [0.717, 1.165) is 30.7 Å². The fourth-order valence-electron chi connectivity index (χ4n) is 4.63. The van der Waals surface area contributed by atoms with Crippen LogP contribution in [-0.2, 0) is 4.79 Å². The number of nitrogens with zero attached hydrogens (tertiary/aromatic N) is 2. The molecule has 0 fully saturated rings. The second-order valence-electron chi connectivity index (χ2n) is 9.43. The first-order valence-electron chi connectivity index (χ1n) is 11.2. The number of Topliss-reactive ketones (excluding diaryl/α,β-unsaturated/α-hetero) is 1. The maximum Gasteiger partial charge on any atom is 0.269 e. The molecule has 2 heterocycles. The second-order valence-corrected chi connectivity index (χ2v) is 10.5. The molecule has 0 bridgehead atoms. The molecular formula is C24H28N4O4S. The average Bonchev–Trinajstić information content (AvgIpc) is 2.74. The van der Waals surface area contributed by atoms with Crippen molar-refractivity contribution in [3.63, 3.8) is 0 Å². The van der Waals surface area contributed by atoms with Crippen molar-refractivity contribution >= 4 is 29.1 Å². The van der Waals surface area contributed by atoms with Gasteiger partial charge in [0.2, 0.25) is 0 Å². The second kappa shape index (κ2) is 9.13. The summed E-state index contributed by atoms with van der Waals surface area (Å²) in [6.45, 7) is 6.21. The lowest BCUT2D eigenvalue weighted by Gasteiger charge is -2.38. The Bertz CT molecular complexity index is 1200. The monoisotopic (exact) mass is 468 g/mol. The minimum Gasteiger partial charge on any atom is -0.343 e. The number of ketones is 1. The number of thioether (sulfide) groups is 1. The van der Waals surface area contributed by atoms with Crippen molar-refractivity contribution in [1.29, 1.82) is 0 Å². The van der Waals surface area contributed by atoms with Crippen molar-refractivity contribution < 1.29 is 9.72 Å². The van der Waals surface area contributed by atoms with Crippen LogP contribution in [0.15, 0.2) is 45.5 Å². The predicted octanol–water partition coefficient (Wildman–Crippen LogP) is 5.16. The van der Waals surface area contributed by atoms with Gasteiger partial charge in [0.1, 0.15) is 5.82 Å². The number of anilines is 1. The predicted molar refractivity (Wildman–Crippen MR) is 129 cm³/mol. The van der Waals surface area contributed by atoms with Gasteiger partial charge in [0.25, 0.3) is 11.2 Å². The molecule has 0 spiro atoms. The summed E-state index contributed by atoms with van der Waals surface area (Å²) < 4.78 is 0. The summed E-state index contributed by atoms with van der Waals surface area (Å²) in [5.74, 6) is 0.532. The van der Waals surface area contributed by atoms with Crippen molar-refractivity contribution in [3.8, 4) is 0 Å². The van der Waals surface area contributed by atoms with E-state index < -0.39 is 10.8 Å². The molecule has 1 atom stereocenters. The number of nitrogens with one attached hydrogen (secondary N) is 2. The highest BCUT2D eigenvalue weighted by Gasteiger charge is 2.42. The third-order valence-corrected chi connectivity index (χ3v) is 7.06. The lowest BCUT2D eigenvalue weighted by molar-refractivity contribution is -0.384. The fourth-order valence-corrected chi connectivity index (χ4v) is 5.50. The number of allylic oxidation sites excluding steroid dienone is 2. The van der Waals surface area contributed by atoms with E-state index in [9.17, 15) is 19.7 Å². The van der Waals surface area contributed by atoms with Crippen molar-refractivity contribution in [1.82, 2.24) is 9.97 Å². The molecule has 0 amide bonds. The third-order valence-electron chi connectivity index (χ3n) is 6.10. The number of aromatic amines is 1. The van der Waals surface area contributed by atoms with Crippen molar-refractivity contribution in [2.24, 2.45) is 5.41 Å². The van der Waals surface area contributed by atoms with Gasteiger partial charge in [-0.1, -0.05) is 57.5 Å².